The van der Waals surface area contributed by atoms with Crippen LogP contribution in [0, 0.1) is 6.92 Å². The predicted molar refractivity (Wildman–Crippen MR) is 54.8 cm³/mol. The highest BCUT2D eigenvalue weighted by Gasteiger charge is 2.06. The molecule has 5 heteroatoms. The quantitative estimate of drug-likeness (QED) is 0.682. The van der Waals surface area contributed by atoms with E-state index in [0.717, 1.165) is 21.2 Å². The zero-order valence-corrected chi connectivity index (χ0v) is 9.09. The lowest BCUT2D eigenvalue weighted by molar-refractivity contribution is 1.13. The highest BCUT2D eigenvalue weighted by Crippen LogP contribution is 2.24. The van der Waals surface area contributed by atoms with E-state index in [0.29, 0.717) is 5.15 Å². The van der Waals surface area contributed by atoms with Crippen LogP contribution in [0.5, 0.6) is 0 Å². The number of hydrogen-bond donors (Lipinski definition) is 0. The van der Waals surface area contributed by atoms with Crippen LogP contribution in [0.25, 0.3) is 11.0 Å². The van der Waals surface area contributed by atoms with Crippen LogP contribution in [0.1, 0.15) is 5.69 Å². The molecule has 0 aliphatic carbocycles. The average molecular weight is 259 g/mol. The highest BCUT2D eigenvalue weighted by molar-refractivity contribution is 9.10. The van der Waals surface area contributed by atoms with Crippen LogP contribution in [0.3, 0.4) is 0 Å². The van der Waals surface area contributed by atoms with E-state index in [-0.39, 0.29) is 0 Å². The van der Waals surface area contributed by atoms with Crippen molar-refractivity contribution in [3.05, 3.63) is 27.7 Å². The van der Waals surface area contributed by atoms with Gasteiger partial charge >= 0.3 is 0 Å². The molecule has 0 unspecified atom stereocenters. The summed E-state index contributed by atoms with van der Waals surface area (Å²) in [6.07, 6.45) is 1.51. The van der Waals surface area contributed by atoms with E-state index in [2.05, 4.69) is 30.9 Å². The molecule has 0 aliphatic heterocycles. The van der Waals surface area contributed by atoms with Gasteiger partial charge < -0.3 is 0 Å². The van der Waals surface area contributed by atoms with Gasteiger partial charge in [0.05, 0.1) is 5.69 Å². The molecule has 0 bridgehead atoms. The summed E-state index contributed by atoms with van der Waals surface area (Å²) >= 11 is 9.17. The number of aromatic nitrogens is 3. The first-order valence-electron chi connectivity index (χ1n) is 3.62. The molecule has 3 nitrogen and oxygen atoms in total. The second-order valence-electron chi connectivity index (χ2n) is 2.58. The number of pyridine rings is 1. The van der Waals surface area contributed by atoms with Crippen LogP contribution in [0.15, 0.2) is 16.9 Å². The molecular formula is C8H5BrClN3. The SMILES string of the molecule is Cc1ncnc2c(Br)cc(Cl)nc12. The third kappa shape index (κ3) is 1.51. The zero-order chi connectivity index (χ0) is 9.42. The molecule has 66 valence electrons. The molecular weight excluding hydrogens is 253 g/mol. The molecule has 2 aromatic rings. The lowest BCUT2D eigenvalue weighted by Gasteiger charge is -2.01. The minimum Gasteiger partial charge on any atom is -0.239 e. The van der Waals surface area contributed by atoms with Gasteiger partial charge in [0.25, 0.3) is 0 Å². The Morgan fingerprint density at radius 3 is 2.85 bits per heavy atom. The summed E-state index contributed by atoms with van der Waals surface area (Å²) in [5.74, 6) is 0. The van der Waals surface area contributed by atoms with Crippen molar-refractivity contribution in [1.82, 2.24) is 15.0 Å². The maximum atomic E-state index is 5.80. The van der Waals surface area contributed by atoms with Crippen molar-refractivity contribution in [2.75, 3.05) is 0 Å². The minimum atomic E-state index is 0.442. The van der Waals surface area contributed by atoms with Crippen molar-refractivity contribution >= 4 is 38.6 Å². The van der Waals surface area contributed by atoms with Crippen molar-refractivity contribution in [3.8, 4) is 0 Å². The van der Waals surface area contributed by atoms with Gasteiger partial charge in [0.2, 0.25) is 0 Å². The van der Waals surface area contributed by atoms with Crippen LogP contribution in [0.2, 0.25) is 5.15 Å². The summed E-state index contributed by atoms with van der Waals surface area (Å²) < 4.78 is 0.841. The lowest BCUT2D eigenvalue weighted by atomic mass is 10.3. The fourth-order valence-electron chi connectivity index (χ4n) is 1.09. The molecule has 0 spiro atoms. The fraction of sp³-hybridized carbons (Fsp3) is 0.125. The third-order valence-corrected chi connectivity index (χ3v) is 2.49. The first-order chi connectivity index (χ1) is 6.18. The molecule has 2 heterocycles. The number of aryl methyl sites for hydroxylation is 1. The lowest BCUT2D eigenvalue weighted by Crippen LogP contribution is -1.91. The topological polar surface area (TPSA) is 38.7 Å². The van der Waals surface area contributed by atoms with Gasteiger partial charge in [0.15, 0.2) is 0 Å². The van der Waals surface area contributed by atoms with Gasteiger partial charge in [-0.25, -0.2) is 15.0 Å². The predicted octanol–water partition coefficient (Wildman–Crippen LogP) is 2.75. The van der Waals surface area contributed by atoms with Gasteiger partial charge in [-0.15, -0.1) is 0 Å². The van der Waals surface area contributed by atoms with Crippen molar-refractivity contribution in [1.29, 1.82) is 0 Å². The van der Waals surface area contributed by atoms with Crippen molar-refractivity contribution in [3.63, 3.8) is 0 Å². The van der Waals surface area contributed by atoms with E-state index in [9.17, 15) is 0 Å². The Morgan fingerprint density at radius 1 is 1.31 bits per heavy atom. The normalized spacial score (nSPS) is 10.7. The Kier molecular flexibility index (Phi) is 2.17. The van der Waals surface area contributed by atoms with Crippen LogP contribution in [-0.2, 0) is 0 Å². The summed E-state index contributed by atoms with van der Waals surface area (Å²) in [5, 5.41) is 0.442. The van der Waals surface area contributed by atoms with E-state index < -0.39 is 0 Å². The fourth-order valence-corrected chi connectivity index (χ4v) is 1.92. The van der Waals surface area contributed by atoms with E-state index in [1.54, 1.807) is 6.07 Å². The molecule has 0 aromatic carbocycles. The molecule has 0 saturated carbocycles. The first kappa shape index (κ1) is 8.84. The number of nitrogens with zero attached hydrogens (tertiary/aromatic N) is 3. The second-order valence-corrected chi connectivity index (χ2v) is 3.82. The Morgan fingerprint density at radius 2 is 2.08 bits per heavy atom. The summed E-state index contributed by atoms with van der Waals surface area (Å²) in [6, 6.07) is 1.72. The largest absolute Gasteiger partial charge is 0.239 e. The van der Waals surface area contributed by atoms with Crippen LogP contribution in [0.4, 0.5) is 0 Å². The first-order valence-corrected chi connectivity index (χ1v) is 4.79. The van der Waals surface area contributed by atoms with Crippen LogP contribution in [-0.4, -0.2) is 15.0 Å². The number of halogens is 2. The Hall–Kier alpha value is -0.740. The van der Waals surface area contributed by atoms with Gasteiger partial charge in [0, 0.05) is 4.47 Å². The molecule has 0 amide bonds. The van der Waals surface area contributed by atoms with E-state index in [1.165, 1.54) is 6.33 Å². The molecule has 2 aromatic heterocycles. The van der Waals surface area contributed by atoms with Gasteiger partial charge in [-0.3, -0.25) is 0 Å². The molecule has 0 radical (unpaired) electrons. The smallest absolute Gasteiger partial charge is 0.131 e. The second kappa shape index (κ2) is 3.20. The summed E-state index contributed by atoms with van der Waals surface area (Å²) in [4.78, 5) is 12.3. The molecule has 13 heavy (non-hydrogen) atoms. The van der Waals surface area contributed by atoms with Crippen molar-refractivity contribution in [2.24, 2.45) is 0 Å². The van der Waals surface area contributed by atoms with Crippen LogP contribution >= 0.6 is 27.5 Å². The Balaban J connectivity index is 2.94. The third-order valence-electron chi connectivity index (χ3n) is 1.70. The zero-order valence-electron chi connectivity index (χ0n) is 6.75. The standard InChI is InChI=1S/C8H5BrClN3/c1-4-7-8(12-3-11-4)5(9)2-6(10)13-7/h2-3H,1H3. The molecule has 0 atom stereocenters. The summed E-state index contributed by atoms with van der Waals surface area (Å²) in [7, 11) is 0. The van der Waals surface area contributed by atoms with Gasteiger partial charge in [-0.05, 0) is 28.9 Å². The Labute approximate surface area is 88.3 Å². The molecule has 2 rings (SSSR count). The number of rotatable bonds is 0. The van der Waals surface area contributed by atoms with Crippen molar-refractivity contribution < 1.29 is 0 Å². The van der Waals surface area contributed by atoms with Crippen molar-refractivity contribution in [2.45, 2.75) is 6.92 Å². The van der Waals surface area contributed by atoms with E-state index in [4.69, 9.17) is 11.6 Å². The van der Waals surface area contributed by atoms with Gasteiger partial charge in [-0.1, -0.05) is 11.6 Å². The molecule has 0 fully saturated rings. The maximum absolute atomic E-state index is 5.80. The van der Waals surface area contributed by atoms with Crippen LogP contribution < -0.4 is 0 Å². The number of hydrogen-bond acceptors (Lipinski definition) is 3. The van der Waals surface area contributed by atoms with E-state index in [1.807, 2.05) is 6.92 Å². The molecule has 0 aliphatic rings. The van der Waals surface area contributed by atoms with Gasteiger partial charge in [0.1, 0.15) is 22.5 Å². The molecule has 0 saturated heterocycles. The summed E-state index contributed by atoms with van der Waals surface area (Å²) in [6.45, 7) is 1.87. The van der Waals surface area contributed by atoms with Gasteiger partial charge in [-0.2, -0.15) is 0 Å². The maximum Gasteiger partial charge on any atom is 0.131 e. The highest BCUT2D eigenvalue weighted by atomic mass is 79.9. The monoisotopic (exact) mass is 257 g/mol. The Bertz CT molecular complexity index is 472. The van der Waals surface area contributed by atoms with E-state index >= 15 is 0 Å². The number of fused-ring (bicyclic) bond motifs is 1. The minimum absolute atomic E-state index is 0.442. The molecule has 0 N–H and O–H groups in total. The average Bonchev–Trinajstić information content (AvgIpc) is 2.07. The summed E-state index contributed by atoms with van der Waals surface area (Å²) in [5.41, 5.74) is 2.35.